The van der Waals surface area contributed by atoms with E-state index in [-0.39, 0.29) is 17.6 Å². The van der Waals surface area contributed by atoms with Crippen molar-refractivity contribution in [2.45, 2.75) is 43.9 Å². The Hall–Kier alpha value is -2.39. The van der Waals surface area contributed by atoms with E-state index in [1.807, 2.05) is 0 Å². The summed E-state index contributed by atoms with van der Waals surface area (Å²) in [5, 5.41) is 13.6. The zero-order valence-corrected chi connectivity index (χ0v) is 12.6. The molecule has 128 valence electrons. The number of nitrogens with zero attached hydrogens (tertiary/aromatic N) is 5. The molecule has 1 amide bonds. The van der Waals surface area contributed by atoms with Gasteiger partial charge in [-0.25, -0.2) is 0 Å². The van der Waals surface area contributed by atoms with Crippen molar-refractivity contribution in [3.8, 4) is 0 Å². The lowest BCUT2D eigenvalue weighted by atomic mass is 10.2. The van der Waals surface area contributed by atoms with Gasteiger partial charge in [-0.2, -0.15) is 17.7 Å². The Morgan fingerprint density at radius 2 is 2.00 bits per heavy atom. The van der Waals surface area contributed by atoms with Crippen LogP contribution in [0, 0.1) is 0 Å². The predicted molar refractivity (Wildman–Crippen MR) is 77.3 cm³/mol. The third-order valence-electron chi connectivity index (χ3n) is 4.28. The first-order valence-electron chi connectivity index (χ1n) is 7.80. The number of fused-ring (bicyclic) bond motifs is 1. The molecule has 2 aromatic rings. The molecular formula is C14H15F3N6O. The predicted octanol–water partition coefficient (Wildman–Crippen LogP) is 1.39. The fraction of sp³-hybridized carbons (Fsp3) is 0.571. The number of amides is 1. The molecule has 1 atom stereocenters. The van der Waals surface area contributed by atoms with Crippen molar-refractivity contribution < 1.29 is 18.0 Å². The average molecular weight is 340 g/mol. The van der Waals surface area contributed by atoms with Gasteiger partial charge in [0, 0.05) is 12.6 Å². The molecule has 0 spiro atoms. The summed E-state index contributed by atoms with van der Waals surface area (Å²) in [6, 6.07) is 2.84. The number of alkyl halides is 3. The van der Waals surface area contributed by atoms with E-state index in [0.29, 0.717) is 23.3 Å². The molecule has 1 N–H and O–H groups in total. The first-order chi connectivity index (χ1) is 11.4. The average Bonchev–Trinajstić information content (AvgIpc) is 3.04. The molecule has 1 aliphatic carbocycles. The summed E-state index contributed by atoms with van der Waals surface area (Å²) in [6.45, 7) is 0.574. The standard InChI is InChI=1S/C14H15F3N6O/c15-14(16,17)13-20-19-10-5-6-11(21-23(10)13)22-7-1-2-9(22)12(24)18-8-3-4-8/h5-6,8-9H,1-4,7H2,(H,18,24). The smallest absolute Gasteiger partial charge is 0.352 e. The summed E-state index contributed by atoms with van der Waals surface area (Å²) in [6.07, 6.45) is -1.22. The molecule has 3 heterocycles. The van der Waals surface area contributed by atoms with Crippen LogP contribution in [0.25, 0.3) is 5.65 Å². The van der Waals surface area contributed by atoms with E-state index in [9.17, 15) is 18.0 Å². The third kappa shape index (κ3) is 2.65. The number of aromatic nitrogens is 4. The molecule has 0 radical (unpaired) electrons. The maximum Gasteiger partial charge on any atom is 0.453 e. The molecule has 2 fully saturated rings. The fourth-order valence-corrected chi connectivity index (χ4v) is 2.95. The van der Waals surface area contributed by atoms with Crippen LogP contribution in [0.1, 0.15) is 31.5 Å². The van der Waals surface area contributed by atoms with Gasteiger partial charge in [-0.05, 0) is 37.8 Å². The largest absolute Gasteiger partial charge is 0.453 e. The first kappa shape index (κ1) is 15.2. The monoisotopic (exact) mass is 340 g/mol. The number of carbonyl (C=O) groups is 1. The normalized spacial score (nSPS) is 21.5. The maximum atomic E-state index is 13.0. The van der Waals surface area contributed by atoms with Crippen molar-refractivity contribution >= 4 is 17.4 Å². The fourth-order valence-electron chi connectivity index (χ4n) is 2.95. The van der Waals surface area contributed by atoms with Gasteiger partial charge in [0.2, 0.25) is 5.91 Å². The van der Waals surface area contributed by atoms with Crippen molar-refractivity contribution in [3.63, 3.8) is 0 Å². The number of carbonyl (C=O) groups excluding carboxylic acids is 1. The van der Waals surface area contributed by atoms with Crippen molar-refractivity contribution in [3.05, 3.63) is 18.0 Å². The molecule has 24 heavy (non-hydrogen) atoms. The van der Waals surface area contributed by atoms with Gasteiger partial charge in [-0.3, -0.25) is 4.79 Å². The quantitative estimate of drug-likeness (QED) is 0.914. The lowest BCUT2D eigenvalue weighted by Crippen LogP contribution is -2.44. The van der Waals surface area contributed by atoms with Crippen molar-refractivity contribution in [2.75, 3.05) is 11.4 Å². The Morgan fingerprint density at radius 1 is 1.21 bits per heavy atom. The second-order valence-electron chi connectivity index (χ2n) is 6.12. The maximum absolute atomic E-state index is 13.0. The Kier molecular flexibility index (Phi) is 3.36. The highest BCUT2D eigenvalue weighted by Crippen LogP contribution is 2.29. The lowest BCUT2D eigenvalue weighted by molar-refractivity contribution is -0.146. The number of nitrogens with one attached hydrogen (secondary N) is 1. The summed E-state index contributed by atoms with van der Waals surface area (Å²) in [4.78, 5) is 14.1. The van der Waals surface area contributed by atoms with Gasteiger partial charge in [0.1, 0.15) is 11.9 Å². The van der Waals surface area contributed by atoms with Crippen LogP contribution in [0.4, 0.5) is 19.0 Å². The molecule has 7 nitrogen and oxygen atoms in total. The molecular weight excluding hydrogens is 325 g/mol. The first-order valence-corrected chi connectivity index (χ1v) is 7.80. The van der Waals surface area contributed by atoms with Gasteiger partial charge in [0.05, 0.1) is 0 Å². The summed E-state index contributed by atoms with van der Waals surface area (Å²) in [7, 11) is 0. The minimum atomic E-state index is -4.64. The van der Waals surface area contributed by atoms with E-state index >= 15 is 0 Å². The van der Waals surface area contributed by atoms with E-state index < -0.39 is 18.0 Å². The zero-order chi connectivity index (χ0) is 16.9. The van der Waals surface area contributed by atoms with Crippen LogP contribution >= 0.6 is 0 Å². The highest BCUT2D eigenvalue weighted by molar-refractivity contribution is 5.86. The number of hydrogen-bond donors (Lipinski definition) is 1. The molecule has 1 saturated heterocycles. The van der Waals surface area contributed by atoms with Crippen LogP contribution in [-0.4, -0.2) is 44.3 Å². The van der Waals surface area contributed by atoms with E-state index in [2.05, 4.69) is 20.6 Å². The van der Waals surface area contributed by atoms with Gasteiger partial charge < -0.3 is 10.2 Å². The van der Waals surface area contributed by atoms with Crippen LogP contribution < -0.4 is 10.2 Å². The molecule has 1 aliphatic heterocycles. The molecule has 2 aromatic heterocycles. The topological polar surface area (TPSA) is 75.4 Å². The molecule has 0 aromatic carbocycles. The summed E-state index contributed by atoms with van der Waals surface area (Å²) >= 11 is 0. The van der Waals surface area contributed by atoms with Crippen LogP contribution in [0.5, 0.6) is 0 Å². The third-order valence-corrected chi connectivity index (χ3v) is 4.28. The van der Waals surface area contributed by atoms with Gasteiger partial charge in [-0.15, -0.1) is 15.3 Å². The van der Waals surface area contributed by atoms with Crippen molar-refractivity contribution in [1.82, 2.24) is 25.1 Å². The molecule has 0 bridgehead atoms. The highest BCUT2D eigenvalue weighted by atomic mass is 19.4. The number of anilines is 1. The van der Waals surface area contributed by atoms with E-state index in [4.69, 9.17) is 0 Å². The summed E-state index contributed by atoms with van der Waals surface area (Å²) < 4.78 is 39.6. The molecule has 1 saturated carbocycles. The van der Waals surface area contributed by atoms with Crippen molar-refractivity contribution in [2.24, 2.45) is 0 Å². The van der Waals surface area contributed by atoms with Gasteiger partial charge in [-0.1, -0.05) is 0 Å². The minimum Gasteiger partial charge on any atom is -0.352 e. The minimum absolute atomic E-state index is 0.0178. The van der Waals surface area contributed by atoms with Crippen LogP contribution in [0.2, 0.25) is 0 Å². The molecule has 1 unspecified atom stereocenters. The van der Waals surface area contributed by atoms with Crippen LogP contribution in [0.3, 0.4) is 0 Å². The number of rotatable bonds is 3. The van der Waals surface area contributed by atoms with E-state index in [0.717, 1.165) is 19.3 Å². The Bertz CT molecular complexity index is 784. The highest BCUT2D eigenvalue weighted by Gasteiger charge is 2.39. The second-order valence-corrected chi connectivity index (χ2v) is 6.12. The lowest BCUT2D eigenvalue weighted by Gasteiger charge is -2.24. The number of halogens is 3. The zero-order valence-electron chi connectivity index (χ0n) is 12.6. The Labute approximate surface area is 134 Å². The van der Waals surface area contributed by atoms with Gasteiger partial charge in [0.25, 0.3) is 5.82 Å². The summed E-state index contributed by atoms with van der Waals surface area (Å²) in [5.74, 6) is -0.935. The van der Waals surface area contributed by atoms with E-state index in [1.165, 1.54) is 6.07 Å². The Balaban J connectivity index is 1.66. The Morgan fingerprint density at radius 3 is 2.71 bits per heavy atom. The number of hydrogen-bond acceptors (Lipinski definition) is 5. The van der Waals surface area contributed by atoms with Gasteiger partial charge in [0.15, 0.2) is 5.65 Å². The summed E-state index contributed by atoms with van der Waals surface area (Å²) in [5.41, 5.74) is 0.0178. The van der Waals surface area contributed by atoms with Gasteiger partial charge >= 0.3 is 6.18 Å². The SMILES string of the molecule is O=C(NC1CC1)C1CCCN1c1ccc2nnc(C(F)(F)F)n2n1. The van der Waals surface area contributed by atoms with Crippen LogP contribution in [0.15, 0.2) is 12.1 Å². The van der Waals surface area contributed by atoms with E-state index in [1.54, 1.807) is 11.0 Å². The molecule has 10 heteroatoms. The molecule has 2 aliphatic rings. The van der Waals surface area contributed by atoms with Crippen LogP contribution in [-0.2, 0) is 11.0 Å². The second kappa shape index (κ2) is 5.32. The molecule has 4 rings (SSSR count). The van der Waals surface area contributed by atoms with Crippen molar-refractivity contribution in [1.29, 1.82) is 0 Å².